The monoisotopic (exact) mass is 215 g/mol. The van der Waals surface area contributed by atoms with E-state index in [1.807, 2.05) is 27.7 Å². The number of carboxylic acid groups (broad SMARTS) is 1. The molecule has 0 spiro atoms. The van der Waals surface area contributed by atoms with Crippen molar-refractivity contribution in [2.45, 2.75) is 34.1 Å². The van der Waals surface area contributed by atoms with Crippen LogP contribution in [-0.2, 0) is 9.59 Å². The van der Waals surface area contributed by atoms with Crippen molar-refractivity contribution < 1.29 is 14.7 Å². The van der Waals surface area contributed by atoms with Crippen LogP contribution in [0.2, 0.25) is 0 Å². The second-order valence-corrected chi connectivity index (χ2v) is 4.48. The minimum Gasteiger partial charge on any atom is -0.481 e. The van der Waals surface area contributed by atoms with Crippen molar-refractivity contribution in [3.63, 3.8) is 0 Å². The summed E-state index contributed by atoms with van der Waals surface area (Å²) in [5.41, 5.74) is 0. The number of nitrogens with one attached hydrogen (secondary N) is 1. The quantitative estimate of drug-likeness (QED) is 0.705. The Morgan fingerprint density at radius 2 is 1.73 bits per heavy atom. The molecule has 0 aromatic carbocycles. The van der Waals surface area contributed by atoms with Gasteiger partial charge in [0.25, 0.3) is 0 Å². The molecule has 0 radical (unpaired) electrons. The third-order valence-electron chi connectivity index (χ3n) is 2.56. The Morgan fingerprint density at radius 1 is 1.20 bits per heavy atom. The highest BCUT2D eigenvalue weighted by Gasteiger charge is 2.17. The Hall–Kier alpha value is -1.06. The largest absolute Gasteiger partial charge is 0.481 e. The number of hydrogen-bond donors (Lipinski definition) is 2. The second-order valence-electron chi connectivity index (χ2n) is 4.48. The fourth-order valence-electron chi connectivity index (χ4n) is 1.11. The third kappa shape index (κ3) is 6.10. The van der Waals surface area contributed by atoms with E-state index in [0.717, 1.165) is 0 Å². The molecular formula is C11H21NO3. The third-order valence-corrected chi connectivity index (χ3v) is 2.56. The van der Waals surface area contributed by atoms with E-state index in [0.29, 0.717) is 12.5 Å². The average molecular weight is 215 g/mol. The molecular weight excluding hydrogens is 194 g/mol. The Labute approximate surface area is 91.1 Å². The van der Waals surface area contributed by atoms with Crippen LogP contribution in [0, 0.1) is 17.8 Å². The van der Waals surface area contributed by atoms with Gasteiger partial charge in [0.1, 0.15) is 0 Å². The minimum absolute atomic E-state index is 0.00207. The SMILES string of the molecule is CC(CNC(=O)C(C)C(C)C)CC(=O)O. The smallest absolute Gasteiger partial charge is 0.303 e. The fraction of sp³-hybridized carbons (Fsp3) is 0.818. The van der Waals surface area contributed by atoms with E-state index < -0.39 is 5.97 Å². The van der Waals surface area contributed by atoms with Crippen molar-refractivity contribution in [2.24, 2.45) is 17.8 Å². The van der Waals surface area contributed by atoms with Gasteiger partial charge in [-0.05, 0) is 11.8 Å². The maximum Gasteiger partial charge on any atom is 0.303 e. The van der Waals surface area contributed by atoms with Crippen LogP contribution in [0.4, 0.5) is 0 Å². The molecule has 0 fully saturated rings. The number of carbonyl (C=O) groups excluding carboxylic acids is 1. The molecule has 0 aromatic heterocycles. The lowest BCUT2D eigenvalue weighted by Crippen LogP contribution is -2.35. The van der Waals surface area contributed by atoms with Gasteiger partial charge in [0.05, 0.1) is 0 Å². The molecule has 2 unspecified atom stereocenters. The first kappa shape index (κ1) is 13.9. The molecule has 0 rings (SSSR count). The second kappa shape index (κ2) is 6.43. The number of hydrogen-bond acceptors (Lipinski definition) is 2. The van der Waals surface area contributed by atoms with Crippen molar-refractivity contribution in [1.82, 2.24) is 5.32 Å². The normalized spacial score (nSPS) is 14.7. The minimum atomic E-state index is -0.825. The lowest BCUT2D eigenvalue weighted by atomic mass is 9.97. The molecule has 0 saturated carbocycles. The van der Waals surface area contributed by atoms with Gasteiger partial charge in [0.15, 0.2) is 0 Å². The first-order valence-electron chi connectivity index (χ1n) is 5.34. The van der Waals surface area contributed by atoms with E-state index in [-0.39, 0.29) is 24.2 Å². The van der Waals surface area contributed by atoms with E-state index in [1.165, 1.54) is 0 Å². The summed E-state index contributed by atoms with van der Waals surface area (Å²) in [6.07, 6.45) is 0.0936. The summed E-state index contributed by atoms with van der Waals surface area (Å²) in [4.78, 5) is 21.9. The summed E-state index contributed by atoms with van der Waals surface area (Å²) >= 11 is 0. The summed E-state index contributed by atoms with van der Waals surface area (Å²) in [5, 5.41) is 11.3. The van der Waals surface area contributed by atoms with Crippen LogP contribution in [0.25, 0.3) is 0 Å². The van der Waals surface area contributed by atoms with Gasteiger partial charge in [-0.3, -0.25) is 9.59 Å². The molecule has 4 nitrogen and oxygen atoms in total. The van der Waals surface area contributed by atoms with Crippen LogP contribution in [-0.4, -0.2) is 23.5 Å². The van der Waals surface area contributed by atoms with Crippen molar-refractivity contribution >= 4 is 11.9 Å². The molecule has 0 heterocycles. The predicted molar refractivity (Wildman–Crippen MR) is 58.4 cm³/mol. The van der Waals surface area contributed by atoms with Gasteiger partial charge in [-0.2, -0.15) is 0 Å². The lowest BCUT2D eigenvalue weighted by Gasteiger charge is -2.17. The molecule has 4 heteroatoms. The van der Waals surface area contributed by atoms with Crippen molar-refractivity contribution in [3.8, 4) is 0 Å². The van der Waals surface area contributed by atoms with E-state index in [1.54, 1.807) is 0 Å². The lowest BCUT2D eigenvalue weighted by molar-refractivity contribution is -0.138. The zero-order valence-corrected chi connectivity index (χ0v) is 9.91. The zero-order valence-electron chi connectivity index (χ0n) is 9.91. The molecule has 2 atom stereocenters. The van der Waals surface area contributed by atoms with Crippen LogP contribution >= 0.6 is 0 Å². The molecule has 0 bridgehead atoms. The standard InChI is InChI=1S/C11H21NO3/c1-7(2)9(4)11(15)12-6-8(3)5-10(13)14/h7-9H,5-6H2,1-4H3,(H,12,15)(H,13,14). The first-order valence-corrected chi connectivity index (χ1v) is 5.34. The van der Waals surface area contributed by atoms with Crippen molar-refractivity contribution in [3.05, 3.63) is 0 Å². The van der Waals surface area contributed by atoms with Gasteiger partial charge in [-0.15, -0.1) is 0 Å². The summed E-state index contributed by atoms with van der Waals surface area (Å²) in [7, 11) is 0. The number of amides is 1. The van der Waals surface area contributed by atoms with Crippen LogP contribution in [0.5, 0.6) is 0 Å². The number of carbonyl (C=O) groups is 2. The molecule has 0 aromatic rings. The molecule has 2 N–H and O–H groups in total. The number of rotatable bonds is 6. The number of aliphatic carboxylic acids is 1. The Balaban J connectivity index is 3.85. The van der Waals surface area contributed by atoms with Gasteiger partial charge in [0.2, 0.25) is 5.91 Å². The Kier molecular flexibility index (Phi) is 5.97. The Bertz CT molecular complexity index is 226. The fourth-order valence-corrected chi connectivity index (χ4v) is 1.11. The molecule has 0 aliphatic rings. The van der Waals surface area contributed by atoms with Crippen LogP contribution in [0.15, 0.2) is 0 Å². The van der Waals surface area contributed by atoms with Crippen molar-refractivity contribution in [1.29, 1.82) is 0 Å². The molecule has 0 saturated heterocycles. The van der Waals surface area contributed by atoms with Gasteiger partial charge in [-0.25, -0.2) is 0 Å². The maximum absolute atomic E-state index is 11.5. The predicted octanol–water partition coefficient (Wildman–Crippen LogP) is 1.51. The van der Waals surface area contributed by atoms with Crippen LogP contribution in [0.3, 0.4) is 0 Å². The molecule has 15 heavy (non-hydrogen) atoms. The average Bonchev–Trinajstić information content (AvgIpc) is 2.11. The van der Waals surface area contributed by atoms with Crippen LogP contribution < -0.4 is 5.32 Å². The zero-order chi connectivity index (χ0) is 12.0. The summed E-state index contributed by atoms with van der Waals surface area (Å²) in [5.74, 6) is -0.566. The van der Waals surface area contributed by atoms with Crippen molar-refractivity contribution in [2.75, 3.05) is 6.54 Å². The number of carboxylic acids is 1. The highest BCUT2D eigenvalue weighted by atomic mass is 16.4. The van der Waals surface area contributed by atoms with E-state index in [9.17, 15) is 9.59 Å². The molecule has 1 amide bonds. The first-order chi connectivity index (χ1) is 6.84. The maximum atomic E-state index is 11.5. The van der Waals surface area contributed by atoms with E-state index in [4.69, 9.17) is 5.11 Å². The summed E-state index contributed by atoms with van der Waals surface area (Å²) in [6.45, 7) is 8.11. The molecule has 0 aliphatic heterocycles. The van der Waals surface area contributed by atoms with Crippen LogP contribution in [0.1, 0.15) is 34.1 Å². The molecule has 0 aliphatic carbocycles. The van der Waals surface area contributed by atoms with Gasteiger partial charge in [-0.1, -0.05) is 27.7 Å². The summed E-state index contributed by atoms with van der Waals surface area (Å²) in [6, 6.07) is 0. The summed E-state index contributed by atoms with van der Waals surface area (Å²) < 4.78 is 0. The Morgan fingerprint density at radius 3 is 2.13 bits per heavy atom. The topological polar surface area (TPSA) is 66.4 Å². The molecule has 88 valence electrons. The van der Waals surface area contributed by atoms with Gasteiger partial charge >= 0.3 is 5.97 Å². The highest BCUT2D eigenvalue weighted by Crippen LogP contribution is 2.09. The van der Waals surface area contributed by atoms with E-state index >= 15 is 0 Å². The highest BCUT2D eigenvalue weighted by molar-refractivity contribution is 5.78. The van der Waals surface area contributed by atoms with E-state index in [2.05, 4.69) is 5.32 Å². The van der Waals surface area contributed by atoms with Gasteiger partial charge in [0, 0.05) is 18.9 Å². The van der Waals surface area contributed by atoms with Gasteiger partial charge < -0.3 is 10.4 Å².